The Morgan fingerprint density at radius 2 is 1.85 bits per heavy atom. The molecular weight excluding hydrogens is 494 g/mol. The molecule has 3 aliphatic rings. The summed E-state index contributed by atoms with van der Waals surface area (Å²) in [7, 11) is 1.94. The molecule has 1 N–H and O–H groups in total. The van der Waals surface area contributed by atoms with E-state index in [2.05, 4.69) is 47.8 Å². The molecule has 0 unspecified atom stereocenters. The van der Waals surface area contributed by atoms with E-state index in [-0.39, 0.29) is 5.91 Å². The van der Waals surface area contributed by atoms with Gasteiger partial charge in [0.15, 0.2) is 11.6 Å². The summed E-state index contributed by atoms with van der Waals surface area (Å²) in [6.07, 6.45) is 9.14. The van der Waals surface area contributed by atoms with Crippen molar-refractivity contribution >= 4 is 11.7 Å². The molecule has 202 valence electrons. The molecule has 0 saturated carbocycles. The number of aryl methyl sites for hydroxylation is 2. The maximum Gasteiger partial charge on any atom is 0.226 e. The summed E-state index contributed by atoms with van der Waals surface area (Å²) < 4.78 is 9.63. The van der Waals surface area contributed by atoms with Crippen LogP contribution in [0.25, 0.3) is 11.5 Å². The molecule has 1 spiro atoms. The molecule has 1 fully saturated rings. The highest BCUT2D eigenvalue weighted by Gasteiger charge is 2.42. The number of ether oxygens (including phenoxy) is 1. The highest BCUT2D eigenvalue weighted by Crippen LogP contribution is 2.36. The van der Waals surface area contributed by atoms with Crippen LogP contribution in [0, 0.1) is 5.41 Å². The third-order valence-electron chi connectivity index (χ3n) is 7.76. The van der Waals surface area contributed by atoms with Crippen LogP contribution in [0.4, 0.5) is 5.82 Å². The van der Waals surface area contributed by atoms with Gasteiger partial charge in [-0.05, 0) is 49.1 Å². The third-order valence-corrected chi connectivity index (χ3v) is 7.76. The number of nitrogens with zero attached hydrogens (tertiary/aromatic N) is 8. The van der Waals surface area contributed by atoms with Crippen molar-refractivity contribution in [1.29, 1.82) is 0 Å². The predicted molar refractivity (Wildman–Crippen MR) is 145 cm³/mol. The van der Waals surface area contributed by atoms with Crippen LogP contribution in [0.3, 0.4) is 0 Å². The lowest BCUT2D eigenvalue weighted by Gasteiger charge is -2.40. The zero-order valence-electron chi connectivity index (χ0n) is 22.2. The Kier molecular flexibility index (Phi) is 6.95. The molecule has 1 aromatic carbocycles. The van der Waals surface area contributed by atoms with Crippen molar-refractivity contribution in [3.05, 3.63) is 66.2 Å². The van der Waals surface area contributed by atoms with E-state index in [1.807, 2.05) is 53.0 Å². The molecule has 39 heavy (non-hydrogen) atoms. The minimum Gasteiger partial charge on any atom is -0.494 e. The molecule has 3 aromatic heterocycles. The van der Waals surface area contributed by atoms with Gasteiger partial charge < -0.3 is 19.5 Å². The lowest BCUT2D eigenvalue weighted by Crippen LogP contribution is -2.50. The number of carbonyl (C=O) groups is 1. The fraction of sp³-hybridized carbons (Fsp3) is 0.429. The van der Waals surface area contributed by atoms with Crippen LogP contribution in [0.1, 0.15) is 30.5 Å². The normalized spacial score (nSPS) is 18.0. The van der Waals surface area contributed by atoms with Crippen molar-refractivity contribution in [3.63, 3.8) is 0 Å². The number of benzene rings is 1. The number of amides is 1. The Bertz CT molecular complexity index is 1400. The van der Waals surface area contributed by atoms with Gasteiger partial charge in [0.05, 0.1) is 17.7 Å². The number of carbonyl (C=O) groups excluding carboxylic acids is 1. The topological polar surface area (TPSA) is 116 Å². The van der Waals surface area contributed by atoms with Gasteiger partial charge in [0, 0.05) is 64.7 Å². The zero-order chi connectivity index (χ0) is 26.7. The minimum absolute atomic E-state index is 0.0807. The summed E-state index contributed by atoms with van der Waals surface area (Å²) in [4.78, 5) is 20.3. The van der Waals surface area contributed by atoms with Gasteiger partial charge in [0.25, 0.3) is 0 Å². The van der Waals surface area contributed by atoms with Crippen molar-refractivity contribution in [2.75, 3.05) is 31.1 Å². The molecular formula is C28H33N9O2. The number of rotatable bonds is 2. The minimum atomic E-state index is -0.557. The van der Waals surface area contributed by atoms with E-state index in [9.17, 15) is 4.79 Å². The summed E-state index contributed by atoms with van der Waals surface area (Å²) in [5.74, 6) is 2.52. The first-order valence-electron chi connectivity index (χ1n) is 13.5. The molecule has 4 bridgehead atoms. The number of aromatic nitrogens is 7. The van der Waals surface area contributed by atoms with Crippen LogP contribution in [0.2, 0.25) is 0 Å². The summed E-state index contributed by atoms with van der Waals surface area (Å²) >= 11 is 0. The number of anilines is 1. The van der Waals surface area contributed by atoms with Gasteiger partial charge >= 0.3 is 0 Å². The first-order chi connectivity index (χ1) is 19.1. The Labute approximate surface area is 227 Å². The summed E-state index contributed by atoms with van der Waals surface area (Å²) in [6, 6.07) is 12.1. The van der Waals surface area contributed by atoms with Gasteiger partial charge in [-0.1, -0.05) is 17.3 Å². The highest BCUT2D eigenvalue weighted by molar-refractivity contribution is 5.83. The molecule has 1 saturated heterocycles. The van der Waals surface area contributed by atoms with Crippen molar-refractivity contribution in [3.8, 4) is 17.3 Å². The number of hydrogen-bond donors (Lipinski definition) is 1. The van der Waals surface area contributed by atoms with E-state index in [1.54, 1.807) is 6.20 Å². The first kappa shape index (κ1) is 25.0. The zero-order valence-corrected chi connectivity index (χ0v) is 22.2. The predicted octanol–water partition coefficient (Wildman–Crippen LogP) is 2.44. The Morgan fingerprint density at radius 3 is 2.59 bits per heavy atom. The van der Waals surface area contributed by atoms with E-state index in [1.165, 1.54) is 5.56 Å². The van der Waals surface area contributed by atoms with Gasteiger partial charge in [-0.25, -0.2) is 4.98 Å². The molecule has 3 aliphatic heterocycles. The fourth-order valence-corrected chi connectivity index (χ4v) is 5.43. The van der Waals surface area contributed by atoms with Gasteiger partial charge in [0.1, 0.15) is 11.4 Å². The van der Waals surface area contributed by atoms with E-state index >= 15 is 0 Å². The van der Waals surface area contributed by atoms with Gasteiger partial charge in [-0.3, -0.25) is 9.48 Å². The number of fused-ring (bicyclic) bond motifs is 8. The van der Waals surface area contributed by atoms with Gasteiger partial charge in [-0.15, -0.1) is 15.3 Å². The smallest absolute Gasteiger partial charge is 0.226 e. The number of hydrogen-bond acceptors (Lipinski definition) is 8. The largest absolute Gasteiger partial charge is 0.494 e. The van der Waals surface area contributed by atoms with Crippen molar-refractivity contribution < 1.29 is 9.53 Å². The first-order valence-corrected chi connectivity index (χ1v) is 13.5. The highest BCUT2D eigenvalue weighted by atomic mass is 16.5. The lowest BCUT2D eigenvalue weighted by molar-refractivity contribution is -0.132. The van der Waals surface area contributed by atoms with Crippen LogP contribution in [-0.4, -0.2) is 66.9 Å². The van der Waals surface area contributed by atoms with E-state index in [4.69, 9.17) is 4.74 Å². The maximum atomic E-state index is 13.7. The van der Waals surface area contributed by atoms with Crippen LogP contribution >= 0.6 is 0 Å². The average Bonchev–Trinajstić information content (AvgIpc) is 3.60. The molecule has 0 radical (unpaired) electrons. The van der Waals surface area contributed by atoms with Crippen molar-refractivity contribution in [1.82, 2.24) is 40.1 Å². The monoisotopic (exact) mass is 527 g/mol. The second-order valence-corrected chi connectivity index (χ2v) is 10.4. The van der Waals surface area contributed by atoms with Crippen LogP contribution in [0.15, 0.2) is 55.0 Å². The number of imidazole rings is 1. The van der Waals surface area contributed by atoms with E-state index < -0.39 is 5.41 Å². The molecule has 0 aliphatic carbocycles. The maximum absolute atomic E-state index is 13.7. The molecule has 7 rings (SSSR count). The average molecular weight is 528 g/mol. The van der Waals surface area contributed by atoms with Crippen molar-refractivity contribution in [2.45, 2.75) is 38.6 Å². The van der Waals surface area contributed by atoms with E-state index in [0.29, 0.717) is 52.0 Å². The van der Waals surface area contributed by atoms with Gasteiger partial charge in [0.2, 0.25) is 5.91 Å². The Hall–Kier alpha value is -4.28. The molecule has 11 nitrogen and oxygen atoms in total. The molecule has 6 heterocycles. The summed E-state index contributed by atoms with van der Waals surface area (Å²) in [5.41, 5.74) is 2.19. The fourth-order valence-electron chi connectivity index (χ4n) is 5.43. The molecule has 11 heteroatoms. The standard InChI is InChI=1S/C28H33N9O2/c1-35-17-13-29-26(35)24-7-8-25(33-32-24)36-15-10-28(11-16-36)19-22-20-37(34-31-22)14-2-18-39-23-5-3-21(4-6-23)9-12-30-27(28)38/h3-8,13,17,20H,2,9-12,14-16,18-19H2,1H3,(H,30,38). The summed E-state index contributed by atoms with van der Waals surface area (Å²) in [6.45, 7) is 3.32. The van der Waals surface area contributed by atoms with E-state index in [0.717, 1.165) is 41.6 Å². The number of nitrogens with one attached hydrogen (secondary N) is 1. The quantitative estimate of drug-likeness (QED) is 0.423. The van der Waals surface area contributed by atoms with Crippen molar-refractivity contribution in [2.24, 2.45) is 12.5 Å². The number of piperidine rings is 1. The Balaban J connectivity index is 1.18. The third kappa shape index (κ3) is 5.47. The summed E-state index contributed by atoms with van der Waals surface area (Å²) in [5, 5.41) is 20.9. The second kappa shape index (κ2) is 10.8. The SMILES string of the molecule is Cn1ccnc1-c1ccc(N2CCC3(CC2)Cc2cn(nn2)CCCOc2ccc(cc2)CCNC3=O)nn1. The second-order valence-electron chi connectivity index (χ2n) is 10.4. The molecule has 4 aromatic rings. The molecule has 0 atom stereocenters. The van der Waals surface area contributed by atoms with Crippen LogP contribution in [0.5, 0.6) is 5.75 Å². The van der Waals surface area contributed by atoms with Crippen LogP contribution < -0.4 is 15.0 Å². The molecule has 1 amide bonds. The lowest BCUT2D eigenvalue weighted by atomic mass is 9.74. The Morgan fingerprint density at radius 1 is 1.00 bits per heavy atom. The van der Waals surface area contributed by atoms with Gasteiger partial charge in [-0.2, -0.15) is 0 Å². The van der Waals surface area contributed by atoms with Crippen LogP contribution in [-0.2, 0) is 31.2 Å².